The number of carbonyl (C=O) groups excluding carboxylic acids is 4. The number of alkyl carbamates (subject to hydrolysis) is 1. The predicted octanol–water partition coefficient (Wildman–Crippen LogP) is 4.06. The molecule has 2 aromatic rings. The Morgan fingerprint density at radius 3 is 1.95 bits per heavy atom. The van der Waals surface area contributed by atoms with Gasteiger partial charge in [-0.3, -0.25) is 9.59 Å². The van der Waals surface area contributed by atoms with Crippen LogP contribution >= 0.6 is 12.6 Å². The minimum absolute atomic E-state index is 0.0542. The Bertz CT molecular complexity index is 1280. The molecule has 0 fully saturated rings. The topological polar surface area (TPSA) is 114 Å². The molecule has 10 heteroatoms. The minimum atomic E-state index is -1.19. The first-order chi connectivity index (χ1) is 19.5. The lowest BCUT2D eigenvalue weighted by Crippen LogP contribution is -2.54. The van der Waals surface area contributed by atoms with Gasteiger partial charge in [-0.05, 0) is 64.8 Å². The van der Waals surface area contributed by atoms with Gasteiger partial charge < -0.3 is 25.0 Å². The molecule has 0 bridgehead atoms. The number of benzene rings is 2. The summed E-state index contributed by atoms with van der Waals surface area (Å²) in [6.07, 6.45) is 4.88. The normalized spacial score (nSPS) is 13.5. The number of nitrogens with one attached hydrogen (secondary N) is 2. The number of likely N-dealkylation sites (N-methyl/N-ethyl adjacent to an activating group) is 1. The molecule has 0 saturated carbocycles. The second kappa shape index (κ2) is 14.8. The number of thiol groups is 1. The third-order valence-corrected chi connectivity index (χ3v) is 6.20. The molecule has 3 atom stereocenters. The van der Waals surface area contributed by atoms with Gasteiger partial charge in [0.1, 0.15) is 29.3 Å². The van der Waals surface area contributed by atoms with Crippen molar-refractivity contribution in [1.82, 2.24) is 15.5 Å². The lowest BCUT2D eigenvalue weighted by atomic mass is 10.0. The highest BCUT2D eigenvalue weighted by molar-refractivity contribution is 7.80. The van der Waals surface area contributed by atoms with Crippen molar-refractivity contribution in [2.24, 2.45) is 0 Å². The molecule has 0 aliphatic heterocycles. The molecule has 0 saturated heterocycles. The number of terminal acetylenes is 1. The summed E-state index contributed by atoms with van der Waals surface area (Å²) in [5.74, 6) is 0.641. The van der Waals surface area contributed by atoms with Gasteiger partial charge in [0.15, 0.2) is 0 Å². The molecule has 0 radical (unpaired) electrons. The summed E-state index contributed by atoms with van der Waals surface area (Å²) in [5.41, 5.74) is 0.269. The van der Waals surface area contributed by atoms with E-state index in [2.05, 4.69) is 29.2 Å². The standard InChI is InChI=1S/C32H41N3O6S/c1-9-21-15-17-23(18-16-21)26(35(8)28(37)25(20-42)34-30(39)41-32(5,6)7)27(36)33-24(29(38)40-31(2,3)4)19-22-13-11-10-12-14-22/h1,10-18,24-26,42H,19-20H2,2-8H3,(H,33,36)(H,34,39). The molecule has 2 N–H and O–H groups in total. The maximum atomic E-state index is 14.0. The summed E-state index contributed by atoms with van der Waals surface area (Å²) in [7, 11) is 1.44. The summed E-state index contributed by atoms with van der Waals surface area (Å²) in [4.78, 5) is 54.4. The summed E-state index contributed by atoms with van der Waals surface area (Å²) in [6.45, 7) is 10.3. The van der Waals surface area contributed by atoms with Crippen LogP contribution in [0.3, 0.4) is 0 Å². The van der Waals surface area contributed by atoms with Crippen LogP contribution < -0.4 is 10.6 Å². The van der Waals surface area contributed by atoms with Gasteiger partial charge in [-0.15, -0.1) is 6.42 Å². The van der Waals surface area contributed by atoms with Gasteiger partial charge in [0.05, 0.1) is 0 Å². The largest absolute Gasteiger partial charge is 0.458 e. The van der Waals surface area contributed by atoms with Crippen LogP contribution in [0.2, 0.25) is 0 Å². The van der Waals surface area contributed by atoms with Crippen molar-refractivity contribution < 1.29 is 28.7 Å². The van der Waals surface area contributed by atoms with Gasteiger partial charge >= 0.3 is 12.1 Å². The monoisotopic (exact) mass is 595 g/mol. The molecular weight excluding hydrogens is 554 g/mol. The van der Waals surface area contributed by atoms with Crippen molar-refractivity contribution in [2.75, 3.05) is 12.8 Å². The van der Waals surface area contributed by atoms with Crippen molar-refractivity contribution in [3.05, 3.63) is 71.3 Å². The SMILES string of the molecule is C#Cc1ccc(C(C(=O)NC(Cc2ccccc2)C(=O)OC(C)(C)C)N(C)C(=O)C(CS)NC(=O)OC(C)(C)C)cc1. The molecule has 0 spiro atoms. The predicted molar refractivity (Wildman–Crippen MR) is 165 cm³/mol. The molecule has 42 heavy (non-hydrogen) atoms. The third kappa shape index (κ3) is 10.8. The van der Waals surface area contributed by atoms with Crippen molar-refractivity contribution in [2.45, 2.75) is 77.3 Å². The Balaban J connectivity index is 2.44. The fraction of sp³-hybridized carbons (Fsp3) is 0.438. The second-order valence-corrected chi connectivity index (χ2v) is 12.1. The zero-order chi connectivity index (χ0) is 31.7. The molecule has 3 amide bonds. The third-order valence-electron chi connectivity index (χ3n) is 5.84. The van der Waals surface area contributed by atoms with E-state index in [9.17, 15) is 19.2 Å². The smallest absolute Gasteiger partial charge is 0.408 e. The molecule has 0 aliphatic rings. The van der Waals surface area contributed by atoms with E-state index in [0.29, 0.717) is 11.1 Å². The van der Waals surface area contributed by atoms with Crippen molar-refractivity contribution >= 4 is 36.5 Å². The van der Waals surface area contributed by atoms with Crippen molar-refractivity contribution in [3.8, 4) is 12.3 Å². The van der Waals surface area contributed by atoms with Gasteiger partial charge in [0.2, 0.25) is 11.8 Å². The van der Waals surface area contributed by atoms with E-state index in [-0.39, 0.29) is 12.2 Å². The first-order valence-electron chi connectivity index (χ1n) is 13.6. The molecule has 3 unspecified atom stereocenters. The van der Waals surface area contributed by atoms with E-state index in [4.69, 9.17) is 15.9 Å². The Morgan fingerprint density at radius 2 is 1.45 bits per heavy atom. The van der Waals surface area contributed by atoms with E-state index >= 15 is 0 Å². The Hall–Kier alpha value is -3.97. The average Bonchev–Trinajstić information content (AvgIpc) is 2.90. The van der Waals surface area contributed by atoms with Gasteiger partial charge in [0.25, 0.3) is 0 Å². The number of ether oxygens (including phenoxy) is 2. The summed E-state index contributed by atoms with van der Waals surface area (Å²) in [5, 5.41) is 5.32. The molecule has 226 valence electrons. The lowest BCUT2D eigenvalue weighted by Gasteiger charge is -2.32. The number of nitrogens with zero attached hydrogens (tertiary/aromatic N) is 1. The van der Waals surface area contributed by atoms with Crippen LogP contribution in [0.25, 0.3) is 0 Å². The number of esters is 1. The van der Waals surface area contributed by atoms with Crippen molar-refractivity contribution in [1.29, 1.82) is 0 Å². The maximum Gasteiger partial charge on any atom is 0.408 e. The maximum absolute atomic E-state index is 14.0. The zero-order valence-electron chi connectivity index (χ0n) is 25.3. The average molecular weight is 596 g/mol. The summed E-state index contributed by atoms with van der Waals surface area (Å²) in [6, 6.07) is 12.5. The highest BCUT2D eigenvalue weighted by Crippen LogP contribution is 2.23. The summed E-state index contributed by atoms with van der Waals surface area (Å²) >= 11 is 4.25. The van der Waals surface area contributed by atoms with Gasteiger partial charge in [-0.1, -0.05) is 48.4 Å². The zero-order valence-corrected chi connectivity index (χ0v) is 26.2. The molecule has 0 heterocycles. The number of rotatable bonds is 10. The number of amides is 3. The van der Waals surface area contributed by atoms with Crippen molar-refractivity contribution in [3.63, 3.8) is 0 Å². The number of hydrogen-bond acceptors (Lipinski definition) is 7. The van der Waals surface area contributed by atoms with Crippen LogP contribution in [0.4, 0.5) is 4.79 Å². The van der Waals surface area contributed by atoms with Crippen LogP contribution in [0.15, 0.2) is 54.6 Å². The number of hydrogen-bond donors (Lipinski definition) is 3. The van der Waals surface area contributed by atoms with E-state index in [1.54, 1.807) is 65.8 Å². The van der Waals surface area contributed by atoms with E-state index < -0.39 is 53.2 Å². The fourth-order valence-electron chi connectivity index (χ4n) is 3.99. The molecule has 9 nitrogen and oxygen atoms in total. The first-order valence-corrected chi connectivity index (χ1v) is 14.2. The minimum Gasteiger partial charge on any atom is -0.458 e. The van der Waals surface area contributed by atoms with Gasteiger partial charge in [-0.25, -0.2) is 9.59 Å². The highest BCUT2D eigenvalue weighted by atomic mass is 32.1. The molecule has 2 aromatic carbocycles. The van der Waals surface area contributed by atoms with Crippen LogP contribution in [0.1, 0.15) is 64.3 Å². The van der Waals surface area contributed by atoms with Crippen LogP contribution in [0, 0.1) is 12.3 Å². The molecule has 2 rings (SSSR count). The van der Waals surface area contributed by atoms with Crippen LogP contribution in [-0.4, -0.2) is 64.9 Å². The lowest BCUT2D eigenvalue weighted by molar-refractivity contribution is -0.159. The Morgan fingerprint density at radius 1 is 0.881 bits per heavy atom. The quantitative estimate of drug-likeness (QED) is 0.217. The van der Waals surface area contributed by atoms with Crippen LogP contribution in [-0.2, 0) is 30.3 Å². The van der Waals surface area contributed by atoms with Gasteiger partial charge in [0, 0.05) is 24.8 Å². The molecular formula is C32H41N3O6S. The second-order valence-electron chi connectivity index (χ2n) is 11.8. The first kappa shape index (κ1) is 34.2. The Kier molecular flexibility index (Phi) is 12.0. The molecule has 0 aromatic heterocycles. The number of carbonyl (C=O) groups is 4. The van der Waals surface area contributed by atoms with E-state index in [1.807, 2.05) is 30.3 Å². The van der Waals surface area contributed by atoms with E-state index in [0.717, 1.165) is 5.56 Å². The van der Waals surface area contributed by atoms with E-state index in [1.165, 1.54) is 11.9 Å². The van der Waals surface area contributed by atoms with Gasteiger partial charge in [-0.2, -0.15) is 12.6 Å². The van der Waals surface area contributed by atoms with Crippen LogP contribution in [0.5, 0.6) is 0 Å². The Labute approximate surface area is 254 Å². The fourth-order valence-corrected chi connectivity index (χ4v) is 4.23. The highest BCUT2D eigenvalue weighted by Gasteiger charge is 2.36. The molecule has 0 aliphatic carbocycles. The summed E-state index contributed by atoms with van der Waals surface area (Å²) < 4.78 is 10.9.